The summed E-state index contributed by atoms with van der Waals surface area (Å²) in [5, 5.41) is 12.7. The number of ether oxygens (including phenoxy) is 2. The number of sulfonamides is 1. The Balaban J connectivity index is 1.84. The van der Waals surface area contributed by atoms with Crippen molar-refractivity contribution in [3.8, 4) is 17.2 Å². The lowest BCUT2D eigenvalue weighted by Crippen LogP contribution is -2.29. The molecule has 32 heavy (non-hydrogen) atoms. The Kier molecular flexibility index (Phi) is 6.97. The van der Waals surface area contributed by atoms with Gasteiger partial charge in [-0.25, -0.2) is 13.2 Å². The van der Waals surface area contributed by atoms with Crippen LogP contribution in [-0.4, -0.2) is 49.4 Å². The van der Waals surface area contributed by atoms with E-state index in [1.165, 1.54) is 41.7 Å². The van der Waals surface area contributed by atoms with Gasteiger partial charge in [0.05, 0.1) is 11.6 Å². The molecule has 2 aromatic rings. The maximum Gasteiger partial charge on any atom is 0.397 e. The van der Waals surface area contributed by atoms with Crippen LogP contribution in [0.1, 0.15) is 25.3 Å². The summed E-state index contributed by atoms with van der Waals surface area (Å²) in [6.45, 7) is 3.32. The minimum absolute atomic E-state index is 0.0690. The molecule has 1 amide bonds. The van der Waals surface area contributed by atoms with Crippen LogP contribution in [0.4, 0.5) is 5.69 Å². The Morgan fingerprint density at radius 3 is 2.53 bits per heavy atom. The molecule has 11 heteroatoms. The molecule has 1 aliphatic carbocycles. The summed E-state index contributed by atoms with van der Waals surface area (Å²) in [4.78, 5) is 23.1. The molecule has 1 saturated carbocycles. The number of esters is 1. The third-order valence-electron chi connectivity index (χ3n) is 4.82. The number of carbonyl (C=O) groups excluding carboxylic acids is 2. The van der Waals surface area contributed by atoms with Crippen molar-refractivity contribution in [1.29, 1.82) is 0 Å². The van der Waals surface area contributed by atoms with Crippen molar-refractivity contribution in [2.45, 2.75) is 37.6 Å². The van der Waals surface area contributed by atoms with E-state index >= 15 is 0 Å². The third kappa shape index (κ3) is 5.14. The van der Waals surface area contributed by atoms with Crippen molar-refractivity contribution in [2.24, 2.45) is 0 Å². The number of phenolic OH excluding ortho intramolecular Hbond substituents is 1. The second-order valence-corrected chi connectivity index (χ2v) is 9.64. The van der Waals surface area contributed by atoms with Crippen molar-refractivity contribution in [2.75, 3.05) is 19.0 Å². The van der Waals surface area contributed by atoms with E-state index in [4.69, 9.17) is 16.3 Å². The van der Waals surface area contributed by atoms with Crippen molar-refractivity contribution in [1.82, 2.24) is 4.31 Å². The largest absolute Gasteiger partial charge is 0.507 e. The Morgan fingerprint density at radius 2 is 1.94 bits per heavy atom. The summed E-state index contributed by atoms with van der Waals surface area (Å²) in [7, 11) is -2.42. The number of anilines is 1. The lowest BCUT2D eigenvalue weighted by Gasteiger charge is -2.18. The number of nitrogens with zero attached hydrogens (tertiary/aromatic N) is 1. The fraction of sp³-hybridized carbons (Fsp3) is 0.333. The first-order chi connectivity index (χ1) is 15.0. The molecule has 0 radical (unpaired) electrons. The molecule has 0 spiro atoms. The quantitative estimate of drug-likeness (QED) is 0.457. The summed E-state index contributed by atoms with van der Waals surface area (Å²) in [5.74, 6) is -1.96. The van der Waals surface area contributed by atoms with Gasteiger partial charge in [0, 0.05) is 24.8 Å². The lowest BCUT2D eigenvalue weighted by molar-refractivity contribution is -0.152. The minimum Gasteiger partial charge on any atom is -0.507 e. The van der Waals surface area contributed by atoms with E-state index in [2.05, 4.69) is 10.1 Å². The first kappa shape index (κ1) is 23.8. The molecule has 9 nitrogen and oxygen atoms in total. The van der Waals surface area contributed by atoms with E-state index in [0.717, 1.165) is 12.8 Å². The topological polar surface area (TPSA) is 122 Å². The Bertz CT molecular complexity index is 1140. The SMILES string of the molecule is CCOC(=O)C(=O)Nc1cc(C)c(Oc2ccc(O)c(S(=O)(=O)N(C)C3CC3)c2)c(Cl)c1. The van der Waals surface area contributed by atoms with Crippen LogP contribution < -0.4 is 10.1 Å². The van der Waals surface area contributed by atoms with E-state index in [1.807, 2.05) is 0 Å². The van der Waals surface area contributed by atoms with Crippen LogP contribution in [-0.2, 0) is 24.3 Å². The zero-order valence-corrected chi connectivity index (χ0v) is 19.3. The summed E-state index contributed by atoms with van der Waals surface area (Å²) in [6, 6.07) is 6.74. The average Bonchev–Trinajstić information content (AvgIpc) is 3.56. The molecule has 0 bridgehead atoms. The normalized spacial score (nSPS) is 13.7. The standard InChI is InChI=1S/C21H23ClN2O7S/c1-4-30-21(27)20(26)23-13-9-12(2)19(16(22)10-13)31-15-7-8-17(25)18(11-15)32(28,29)24(3)14-5-6-14/h7-11,14,25H,4-6H2,1-3H3,(H,23,26). The van der Waals surface area contributed by atoms with Crippen molar-refractivity contribution in [3.63, 3.8) is 0 Å². The van der Waals surface area contributed by atoms with Crippen molar-refractivity contribution < 1.29 is 32.6 Å². The number of aryl methyl sites for hydroxylation is 1. The molecule has 0 heterocycles. The average molecular weight is 483 g/mol. The molecule has 0 saturated heterocycles. The lowest BCUT2D eigenvalue weighted by atomic mass is 10.2. The van der Waals surface area contributed by atoms with Gasteiger partial charge in [-0.1, -0.05) is 11.6 Å². The highest BCUT2D eigenvalue weighted by Gasteiger charge is 2.36. The Morgan fingerprint density at radius 1 is 1.25 bits per heavy atom. The summed E-state index contributed by atoms with van der Waals surface area (Å²) in [5.41, 5.74) is 0.780. The number of hydrogen-bond donors (Lipinski definition) is 2. The number of phenols is 1. The number of carbonyl (C=O) groups is 2. The Labute approximate surface area is 190 Å². The van der Waals surface area contributed by atoms with Crippen molar-refractivity contribution >= 4 is 39.2 Å². The number of nitrogens with one attached hydrogen (secondary N) is 1. The number of aromatic hydroxyl groups is 1. The van der Waals surface area contributed by atoms with Crippen LogP contribution in [0.15, 0.2) is 35.2 Å². The van der Waals surface area contributed by atoms with Crippen LogP contribution in [0.5, 0.6) is 17.2 Å². The van der Waals surface area contributed by atoms with Crippen LogP contribution in [0, 0.1) is 6.92 Å². The van der Waals surface area contributed by atoms with Crippen LogP contribution in [0.25, 0.3) is 0 Å². The van der Waals surface area contributed by atoms with Gasteiger partial charge in [-0.15, -0.1) is 0 Å². The maximum atomic E-state index is 12.8. The second-order valence-electron chi connectivity index (χ2n) is 7.26. The summed E-state index contributed by atoms with van der Waals surface area (Å²) < 4.78 is 37.3. The molecule has 0 unspecified atom stereocenters. The summed E-state index contributed by atoms with van der Waals surface area (Å²) in [6.07, 6.45) is 1.56. The molecule has 1 aliphatic rings. The maximum absolute atomic E-state index is 12.8. The predicted molar refractivity (Wildman–Crippen MR) is 118 cm³/mol. The van der Waals surface area contributed by atoms with Gasteiger partial charge in [0.1, 0.15) is 22.1 Å². The number of rotatable bonds is 7. The van der Waals surface area contributed by atoms with E-state index < -0.39 is 21.9 Å². The van der Waals surface area contributed by atoms with Gasteiger partial charge in [0.25, 0.3) is 0 Å². The molecule has 0 atom stereocenters. The van der Waals surface area contributed by atoms with E-state index in [1.54, 1.807) is 13.8 Å². The summed E-state index contributed by atoms with van der Waals surface area (Å²) >= 11 is 6.30. The second kappa shape index (κ2) is 9.35. The van der Waals surface area contributed by atoms with Crippen molar-refractivity contribution in [3.05, 3.63) is 40.9 Å². The van der Waals surface area contributed by atoms with E-state index in [9.17, 15) is 23.1 Å². The minimum atomic E-state index is -3.90. The van der Waals surface area contributed by atoms with Crippen LogP contribution in [0.3, 0.4) is 0 Å². The van der Waals surface area contributed by atoms with Gasteiger partial charge in [-0.05, 0) is 56.5 Å². The number of benzene rings is 2. The molecule has 3 rings (SSSR count). The molecular weight excluding hydrogens is 460 g/mol. The van der Waals surface area contributed by atoms with Gasteiger partial charge in [0.2, 0.25) is 10.0 Å². The van der Waals surface area contributed by atoms with Gasteiger partial charge in [0.15, 0.2) is 0 Å². The molecule has 172 valence electrons. The van der Waals surface area contributed by atoms with Gasteiger partial charge in [-0.3, -0.25) is 4.79 Å². The number of halogens is 1. The molecule has 1 fully saturated rings. The highest BCUT2D eigenvalue weighted by molar-refractivity contribution is 7.89. The van der Waals surface area contributed by atoms with Gasteiger partial charge < -0.3 is 19.9 Å². The fourth-order valence-corrected chi connectivity index (χ4v) is 4.80. The molecule has 0 aliphatic heterocycles. The van der Waals surface area contributed by atoms with Crippen LogP contribution in [0.2, 0.25) is 5.02 Å². The monoisotopic (exact) mass is 482 g/mol. The molecule has 0 aromatic heterocycles. The molecule has 2 aromatic carbocycles. The first-order valence-electron chi connectivity index (χ1n) is 9.81. The van der Waals surface area contributed by atoms with Gasteiger partial charge in [-0.2, -0.15) is 4.31 Å². The fourth-order valence-electron chi connectivity index (χ4n) is 2.98. The molecule has 2 N–H and O–H groups in total. The smallest absolute Gasteiger partial charge is 0.397 e. The third-order valence-corrected chi connectivity index (χ3v) is 7.04. The highest BCUT2D eigenvalue weighted by Crippen LogP contribution is 2.39. The zero-order valence-electron chi connectivity index (χ0n) is 17.7. The van der Waals surface area contributed by atoms with Gasteiger partial charge >= 0.3 is 11.9 Å². The molecular formula is C21H23ClN2O7S. The number of amides is 1. The van der Waals surface area contributed by atoms with E-state index in [0.29, 0.717) is 5.56 Å². The highest BCUT2D eigenvalue weighted by atomic mass is 35.5. The first-order valence-corrected chi connectivity index (χ1v) is 11.6. The van der Waals surface area contributed by atoms with Crippen LogP contribution >= 0.6 is 11.6 Å². The number of hydrogen-bond acceptors (Lipinski definition) is 7. The zero-order chi connectivity index (χ0) is 23.6. The predicted octanol–water partition coefficient (Wildman–Crippen LogP) is 3.43. The van der Waals surface area contributed by atoms with E-state index in [-0.39, 0.29) is 45.5 Å². The Hall–Kier alpha value is -2.82.